The molecule has 1 aromatic rings. The molecule has 0 amide bonds. The summed E-state index contributed by atoms with van der Waals surface area (Å²) >= 11 is 0. The van der Waals surface area contributed by atoms with Crippen LogP contribution < -0.4 is 10.1 Å². The third-order valence-corrected chi connectivity index (χ3v) is 2.50. The van der Waals surface area contributed by atoms with Crippen molar-refractivity contribution < 1.29 is 9.53 Å². The van der Waals surface area contributed by atoms with Gasteiger partial charge in [-0.25, -0.2) is 0 Å². The average molecular weight is 207 g/mol. The summed E-state index contributed by atoms with van der Waals surface area (Å²) in [7, 11) is 3.38. The number of hydrogen-bond donors (Lipinski definition) is 1. The van der Waals surface area contributed by atoms with Crippen LogP contribution in [0.2, 0.25) is 0 Å². The van der Waals surface area contributed by atoms with Crippen LogP contribution >= 0.6 is 0 Å². The second-order valence-corrected chi connectivity index (χ2v) is 3.57. The van der Waals surface area contributed by atoms with Gasteiger partial charge >= 0.3 is 0 Å². The molecule has 0 saturated heterocycles. The highest BCUT2D eigenvalue weighted by atomic mass is 16.5. The lowest BCUT2D eigenvalue weighted by molar-refractivity contribution is 0.0993. The molecule has 15 heavy (non-hydrogen) atoms. The first-order chi connectivity index (χ1) is 7.10. The van der Waals surface area contributed by atoms with Crippen LogP contribution in [0.5, 0.6) is 5.75 Å². The van der Waals surface area contributed by atoms with Gasteiger partial charge in [0, 0.05) is 5.56 Å². The van der Waals surface area contributed by atoms with Gasteiger partial charge in [-0.05, 0) is 44.2 Å². The molecule has 0 fully saturated rings. The van der Waals surface area contributed by atoms with Crippen molar-refractivity contribution in [3.63, 3.8) is 0 Å². The number of carbonyl (C=O) groups excluding carboxylic acids is 1. The number of nitrogens with one attached hydrogen (secondary N) is 1. The van der Waals surface area contributed by atoms with E-state index < -0.39 is 0 Å². The molecule has 0 heterocycles. The van der Waals surface area contributed by atoms with E-state index >= 15 is 0 Å². The number of ether oxygens (including phenoxy) is 1. The van der Waals surface area contributed by atoms with Crippen LogP contribution in [0, 0.1) is 13.8 Å². The third kappa shape index (κ3) is 2.57. The minimum Gasteiger partial charge on any atom is -0.496 e. The van der Waals surface area contributed by atoms with E-state index in [2.05, 4.69) is 5.32 Å². The Bertz CT molecular complexity index is 372. The van der Waals surface area contributed by atoms with Gasteiger partial charge in [-0.3, -0.25) is 4.79 Å². The van der Waals surface area contributed by atoms with Gasteiger partial charge in [-0.2, -0.15) is 0 Å². The van der Waals surface area contributed by atoms with E-state index in [1.165, 1.54) is 0 Å². The SMILES string of the molecule is CNCC(=O)c1cc(C)c(C)c(OC)c1. The number of benzene rings is 1. The molecular weight excluding hydrogens is 190 g/mol. The van der Waals surface area contributed by atoms with Crippen LogP contribution in [-0.4, -0.2) is 26.5 Å². The smallest absolute Gasteiger partial charge is 0.176 e. The van der Waals surface area contributed by atoms with E-state index in [1.54, 1.807) is 20.2 Å². The third-order valence-electron chi connectivity index (χ3n) is 2.50. The van der Waals surface area contributed by atoms with Crippen LogP contribution in [-0.2, 0) is 0 Å². The molecule has 0 unspecified atom stereocenters. The van der Waals surface area contributed by atoms with Crippen molar-refractivity contribution in [3.05, 3.63) is 28.8 Å². The number of likely N-dealkylation sites (N-methyl/N-ethyl adjacent to an activating group) is 1. The average Bonchev–Trinajstić information content (AvgIpc) is 2.22. The Morgan fingerprint density at radius 2 is 2.07 bits per heavy atom. The summed E-state index contributed by atoms with van der Waals surface area (Å²) in [5.74, 6) is 0.855. The summed E-state index contributed by atoms with van der Waals surface area (Å²) in [5, 5.41) is 2.85. The Hall–Kier alpha value is -1.35. The summed E-state index contributed by atoms with van der Waals surface area (Å²) in [4.78, 5) is 11.7. The molecule has 0 aliphatic rings. The van der Waals surface area contributed by atoms with Crippen molar-refractivity contribution in [2.24, 2.45) is 0 Å². The summed E-state index contributed by atoms with van der Waals surface area (Å²) in [5.41, 5.74) is 2.86. The maximum atomic E-state index is 11.7. The predicted octanol–water partition coefficient (Wildman–Crippen LogP) is 1.71. The second kappa shape index (κ2) is 4.94. The maximum absolute atomic E-state index is 11.7. The number of methoxy groups -OCH3 is 1. The summed E-state index contributed by atoms with van der Waals surface area (Å²) in [6.07, 6.45) is 0. The fourth-order valence-electron chi connectivity index (χ4n) is 1.46. The van der Waals surface area contributed by atoms with Gasteiger partial charge in [-0.15, -0.1) is 0 Å². The number of ketones is 1. The molecule has 0 saturated carbocycles. The zero-order chi connectivity index (χ0) is 11.4. The van der Waals surface area contributed by atoms with E-state index in [0.29, 0.717) is 12.1 Å². The Morgan fingerprint density at radius 1 is 1.40 bits per heavy atom. The standard InChI is InChI=1S/C12H17NO2/c1-8-5-10(11(14)7-13-3)6-12(15-4)9(8)2/h5-6,13H,7H2,1-4H3. The number of hydrogen-bond acceptors (Lipinski definition) is 3. The van der Waals surface area contributed by atoms with Crippen LogP contribution in [0.25, 0.3) is 0 Å². The number of aryl methyl sites for hydroxylation is 1. The lowest BCUT2D eigenvalue weighted by Gasteiger charge is -2.10. The number of carbonyl (C=O) groups is 1. The zero-order valence-electron chi connectivity index (χ0n) is 9.68. The molecule has 0 aliphatic carbocycles. The summed E-state index contributed by atoms with van der Waals surface area (Å²) < 4.78 is 5.22. The topological polar surface area (TPSA) is 38.3 Å². The molecule has 0 aromatic heterocycles. The molecule has 0 atom stereocenters. The van der Waals surface area contributed by atoms with Crippen LogP contribution in [0.1, 0.15) is 21.5 Å². The van der Waals surface area contributed by atoms with Gasteiger partial charge in [0.2, 0.25) is 0 Å². The molecule has 0 aliphatic heterocycles. The normalized spacial score (nSPS) is 10.1. The Labute approximate surface area is 90.4 Å². The minimum absolute atomic E-state index is 0.0823. The molecule has 1 N–H and O–H groups in total. The lowest BCUT2D eigenvalue weighted by atomic mass is 10.0. The number of Topliss-reactive ketones (excluding diaryl/α,β-unsaturated/α-hetero) is 1. The highest BCUT2D eigenvalue weighted by molar-refractivity contribution is 5.98. The van der Waals surface area contributed by atoms with Gasteiger partial charge in [0.15, 0.2) is 5.78 Å². The van der Waals surface area contributed by atoms with Gasteiger partial charge in [0.05, 0.1) is 13.7 Å². The highest BCUT2D eigenvalue weighted by Gasteiger charge is 2.09. The molecule has 3 nitrogen and oxygen atoms in total. The molecule has 3 heteroatoms. The molecule has 82 valence electrons. The molecule has 1 rings (SSSR count). The minimum atomic E-state index is 0.0823. The number of rotatable bonds is 4. The summed E-state index contributed by atoms with van der Waals surface area (Å²) in [6.45, 7) is 4.32. The molecule has 0 radical (unpaired) electrons. The van der Waals surface area contributed by atoms with E-state index in [1.807, 2.05) is 19.9 Å². The molecular formula is C12H17NO2. The molecule has 0 spiro atoms. The van der Waals surface area contributed by atoms with Crippen molar-refractivity contribution in [1.82, 2.24) is 5.32 Å². The first kappa shape index (κ1) is 11.7. The Morgan fingerprint density at radius 3 is 2.60 bits per heavy atom. The largest absolute Gasteiger partial charge is 0.496 e. The second-order valence-electron chi connectivity index (χ2n) is 3.57. The molecule has 0 bridgehead atoms. The summed E-state index contributed by atoms with van der Waals surface area (Å²) in [6, 6.07) is 3.69. The Kier molecular flexibility index (Phi) is 3.86. The van der Waals surface area contributed by atoms with Crippen LogP contribution in [0.15, 0.2) is 12.1 Å². The maximum Gasteiger partial charge on any atom is 0.176 e. The van der Waals surface area contributed by atoms with Gasteiger partial charge in [-0.1, -0.05) is 0 Å². The molecule has 1 aromatic carbocycles. The van der Waals surface area contributed by atoms with Gasteiger partial charge in [0.25, 0.3) is 0 Å². The van der Waals surface area contributed by atoms with E-state index in [4.69, 9.17) is 4.74 Å². The predicted molar refractivity (Wildman–Crippen MR) is 60.7 cm³/mol. The fourth-order valence-corrected chi connectivity index (χ4v) is 1.46. The van der Waals surface area contributed by atoms with Crippen LogP contribution in [0.4, 0.5) is 0 Å². The van der Waals surface area contributed by atoms with Crippen molar-refractivity contribution in [2.75, 3.05) is 20.7 Å². The van der Waals surface area contributed by atoms with E-state index in [9.17, 15) is 4.79 Å². The Balaban J connectivity index is 3.10. The lowest BCUT2D eigenvalue weighted by Crippen LogP contribution is -2.18. The van der Waals surface area contributed by atoms with Crippen molar-refractivity contribution in [2.45, 2.75) is 13.8 Å². The highest BCUT2D eigenvalue weighted by Crippen LogP contribution is 2.23. The van der Waals surface area contributed by atoms with E-state index in [0.717, 1.165) is 16.9 Å². The van der Waals surface area contributed by atoms with Crippen LogP contribution in [0.3, 0.4) is 0 Å². The first-order valence-electron chi connectivity index (χ1n) is 4.93. The monoisotopic (exact) mass is 207 g/mol. The zero-order valence-corrected chi connectivity index (χ0v) is 9.68. The fraction of sp³-hybridized carbons (Fsp3) is 0.417. The first-order valence-corrected chi connectivity index (χ1v) is 4.93. The van der Waals surface area contributed by atoms with Crippen molar-refractivity contribution >= 4 is 5.78 Å². The van der Waals surface area contributed by atoms with Gasteiger partial charge < -0.3 is 10.1 Å². The van der Waals surface area contributed by atoms with E-state index in [-0.39, 0.29) is 5.78 Å². The van der Waals surface area contributed by atoms with Crippen molar-refractivity contribution in [1.29, 1.82) is 0 Å². The van der Waals surface area contributed by atoms with Gasteiger partial charge in [0.1, 0.15) is 5.75 Å². The van der Waals surface area contributed by atoms with Crippen molar-refractivity contribution in [3.8, 4) is 5.75 Å². The quantitative estimate of drug-likeness (QED) is 0.764.